The topological polar surface area (TPSA) is 83.8 Å². The lowest BCUT2D eigenvalue weighted by molar-refractivity contribution is 0.102. The predicted octanol–water partition coefficient (Wildman–Crippen LogP) is 2.62. The zero-order valence-electron chi connectivity index (χ0n) is 10.0. The fourth-order valence-corrected chi connectivity index (χ4v) is 2.18. The number of nitrogens with zero attached hydrogens (tertiary/aromatic N) is 1. The van der Waals surface area contributed by atoms with Crippen LogP contribution in [0.3, 0.4) is 0 Å². The highest BCUT2D eigenvalue weighted by atomic mass is 79.9. The first-order valence-corrected chi connectivity index (χ1v) is 6.15. The minimum Gasteiger partial charge on any atom is -0.399 e. The van der Waals surface area contributed by atoms with Crippen LogP contribution in [0, 0.1) is 13.8 Å². The number of aryl methyl sites for hydroxylation is 2. The Kier molecular flexibility index (Phi) is 3.38. The summed E-state index contributed by atoms with van der Waals surface area (Å²) in [4.78, 5) is 12.1. The van der Waals surface area contributed by atoms with Crippen LogP contribution in [0.2, 0.25) is 0 Å². The average Bonchev–Trinajstić information content (AvgIpc) is 2.59. The summed E-state index contributed by atoms with van der Waals surface area (Å²) in [5.41, 5.74) is 9.02. The van der Waals surface area contributed by atoms with Crippen molar-refractivity contribution in [3.8, 4) is 0 Å². The molecule has 5 nitrogen and oxygen atoms in total. The van der Waals surface area contributed by atoms with E-state index in [0.29, 0.717) is 16.9 Å². The molecule has 6 heteroatoms. The number of hydrogen-bond donors (Lipinski definition) is 3. The minimum absolute atomic E-state index is 0.212. The second-order valence-electron chi connectivity index (χ2n) is 4.04. The van der Waals surface area contributed by atoms with E-state index in [-0.39, 0.29) is 5.91 Å². The van der Waals surface area contributed by atoms with Crippen LogP contribution in [0.4, 0.5) is 11.4 Å². The summed E-state index contributed by atoms with van der Waals surface area (Å²) < 4.78 is 0.772. The van der Waals surface area contributed by atoms with Gasteiger partial charge in [-0.25, -0.2) is 0 Å². The predicted molar refractivity (Wildman–Crippen MR) is 74.6 cm³/mol. The third-order valence-electron chi connectivity index (χ3n) is 2.55. The number of amides is 1. The van der Waals surface area contributed by atoms with E-state index in [9.17, 15) is 4.79 Å². The van der Waals surface area contributed by atoms with Crippen molar-refractivity contribution in [2.45, 2.75) is 13.8 Å². The van der Waals surface area contributed by atoms with Crippen molar-refractivity contribution in [2.75, 3.05) is 11.1 Å². The third-order valence-corrected chi connectivity index (χ3v) is 3.01. The molecular weight excluding hydrogens is 296 g/mol. The first-order chi connectivity index (χ1) is 8.47. The van der Waals surface area contributed by atoms with Crippen molar-refractivity contribution >= 4 is 33.2 Å². The van der Waals surface area contributed by atoms with Crippen LogP contribution in [0.5, 0.6) is 0 Å². The molecule has 0 saturated heterocycles. The number of anilines is 2. The molecule has 0 unspecified atom stereocenters. The summed E-state index contributed by atoms with van der Waals surface area (Å²) in [5, 5.41) is 9.66. The molecule has 0 saturated carbocycles. The maximum Gasteiger partial charge on any atom is 0.255 e. The molecule has 2 rings (SSSR count). The fraction of sp³-hybridized carbons (Fsp3) is 0.167. The van der Waals surface area contributed by atoms with E-state index in [2.05, 4.69) is 31.4 Å². The molecule has 0 radical (unpaired) electrons. The van der Waals surface area contributed by atoms with E-state index in [1.165, 1.54) is 0 Å². The van der Waals surface area contributed by atoms with Gasteiger partial charge in [-0.3, -0.25) is 9.89 Å². The number of nitrogen functional groups attached to an aromatic ring is 1. The summed E-state index contributed by atoms with van der Waals surface area (Å²) >= 11 is 3.31. The highest BCUT2D eigenvalue weighted by Gasteiger charge is 2.12. The highest BCUT2D eigenvalue weighted by molar-refractivity contribution is 9.10. The van der Waals surface area contributed by atoms with Gasteiger partial charge in [-0.1, -0.05) is 15.9 Å². The Balaban J connectivity index is 2.27. The molecule has 0 aliphatic carbocycles. The lowest BCUT2D eigenvalue weighted by Gasteiger charge is -2.06. The number of H-pyrrole nitrogens is 1. The lowest BCUT2D eigenvalue weighted by atomic mass is 10.2. The molecule has 18 heavy (non-hydrogen) atoms. The van der Waals surface area contributed by atoms with Crippen LogP contribution in [-0.2, 0) is 0 Å². The Morgan fingerprint density at radius 2 is 2.11 bits per heavy atom. The number of aromatic amines is 1. The molecule has 1 aromatic heterocycles. The van der Waals surface area contributed by atoms with Gasteiger partial charge in [0.15, 0.2) is 0 Å². The molecule has 94 valence electrons. The number of nitrogens with two attached hydrogens (primary N) is 1. The molecule has 0 aliphatic rings. The third kappa shape index (κ3) is 2.53. The SMILES string of the molecule is Cc1n[nH]c(C)c1NC(=O)c1cc(N)cc(Br)c1. The quantitative estimate of drug-likeness (QED) is 0.746. The Bertz CT molecular complexity index is 566. The molecule has 1 heterocycles. The van der Waals surface area contributed by atoms with Crippen molar-refractivity contribution in [3.05, 3.63) is 39.6 Å². The second-order valence-corrected chi connectivity index (χ2v) is 4.95. The van der Waals surface area contributed by atoms with Crippen LogP contribution in [0.1, 0.15) is 21.7 Å². The largest absolute Gasteiger partial charge is 0.399 e. The standard InChI is InChI=1S/C12H13BrN4O/c1-6-11(7(2)17-16-6)15-12(18)8-3-9(13)5-10(14)4-8/h3-5H,14H2,1-2H3,(H,15,18)(H,16,17). The van der Waals surface area contributed by atoms with Gasteiger partial charge in [0, 0.05) is 15.7 Å². The summed E-state index contributed by atoms with van der Waals surface area (Å²) in [6.07, 6.45) is 0. The Morgan fingerprint density at radius 3 is 2.67 bits per heavy atom. The molecule has 0 bridgehead atoms. The van der Waals surface area contributed by atoms with E-state index in [4.69, 9.17) is 5.73 Å². The number of hydrogen-bond acceptors (Lipinski definition) is 3. The first kappa shape index (κ1) is 12.6. The molecule has 0 spiro atoms. The number of carbonyl (C=O) groups is 1. The maximum absolute atomic E-state index is 12.1. The molecule has 1 amide bonds. The zero-order chi connectivity index (χ0) is 13.3. The van der Waals surface area contributed by atoms with Crippen LogP contribution in [-0.4, -0.2) is 16.1 Å². The fourth-order valence-electron chi connectivity index (χ4n) is 1.66. The number of carbonyl (C=O) groups excluding carboxylic acids is 1. The Labute approximate surface area is 113 Å². The smallest absolute Gasteiger partial charge is 0.255 e. The van der Waals surface area contributed by atoms with Crippen LogP contribution < -0.4 is 11.1 Å². The zero-order valence-corrected chi connectivity index (χ0v) is 11.6. The summed E-state index contributed by atoms with van der Waals surface area (Å²) in [6.45, 7) is 3.68. The van der Waals surface area contributed by atoms with Gasteiger partial charge in [-0.2, -0.15) is 5.10 Å². The summed E-state index contributed by atoms with van der Waals surface area (Å²) in [6, 6.07) is 5.09. The van der Waals surface area contributed by atoms with Crippen molar-refractivity contribution in [1.82, 2.24) is 10.2 Å². The molecule has 1 aromatic carbocycles. The van der Waals surface area contributed by atoms with Gasteiger partial charge >= 0.3 is 0 Å². The number of benzene rings is 1. The van der Waals surface area contributed by atoms with Crippen LogP contribution >= 0.6 is 15.9 Å². The van der Waals surface area contributed by atoms with Gasteiger partial charge in [-0.15, -0.1) is 0 Å². The average molecular weight is 309 g/mol. The van der Waals surface area contributed by atoms with Gasteiger partial charge < -0.3 is 11.1 Å². The second kappa shape index (κ2) is 4.81. The van der Waals surface area contributed by atoms with Crippen molar-refractivity contribution in [2.24, 2.45) is 0 Å². The van der Waals surface area contributed by atoms with Gasteiger partial charge in [-0.05, 0) is 32.0 Å². The van der Waals surface area contributed by atoms with E-state index in [1.54, 1.807) is 18.2 Å². The number of halogens is 1. The summed E-state index contributed by atoms with van der Waals surface area (Å²) in [5.74, 6) is -0.212. The van der Waals surface area contributed by atoms with Gasteiger partial charge in [0.05, 0.1) is 17.1 Å². The monoisotopic (exact) mass is 308 g/mol. The highest BCUT2D eigenvalue weighted by Crippen LogP contribution is 2.20. The van der Waals surface area contributed by atoms with E-state index >= 15 is 0 Å². The minimum atomic E-state index is -0.212. The number of aromatic nitrogens is 2. The molecule has 2 aromatic rings. The van der Waals surface area contributed by atoms with Crippen molar-refractivity contribution in [3.63, 3.8) is 0 Å². The number of nitrogens with one attached hydrogen (secondary N) is 2. The number of rotatable bonds is 2. The van der Waals surface area contributed by atoms with E-state index in [1.807, 2.05) is 13.8 Å². The van der Waals surface area contributed by atoms with Gasteiger partial charge in [0.25, 0.3) is 5.91 Å². The first-order valence-electron chi connectivity index (χ1n) is 5.36. The molecule has 4 N–H and O–H groups in total. The molecule has 0 fully saturated rings. The van der Waals surface area contributed by atoms with Gasteiger partial charge in [0.1, 0.15) is 0 Å². The lowest BCUT2D eigenvalue weighted by Crippen LogP contribution is -2.13. The van der Waals surface area contributed by atoms with E-state index < -0.39 is 0 Å². The van der Waals surface area contributed by atoms with Crippen molar-refractivity contribution in [1.29, 1.82) is 0 Å². The molecule has 0 atom stereocenters. The molecular formula is C12H13BrN4O. The molecule has 0 aliphatic heterocycles. The van der Waals surface area contributed by atoms with E-state index in [0.717, 1.165) is 15.9 Å². The Hall–Kier alpha value is -1.82. The van der Waals surface area contributed by atoms with Crippen molar-refractivity contribution < 1.29 is 4.79 Å². The van der Waals surface area contributed by atoms with Crippen LogP contribution in [0.25, 0.3) is 0 Å². The normalized spacial score (nSPS) is 10.4. The van der Waals surface area contributed by atoms with Gasteiger partial charge in [0.2, 0.25) is 0 Å². The van der Waals surface area contributed by atoms with Crippen LogP contribution in [0.15, 0.2) is 22.7 Å². The Morgan fingerprint density at radius 1 is 1.39 bits per heavy atom. The summed E-state index contributed by atoms with van der Waals surface area (Å²) in [7, 11) is 0. The maximum atomic E-state index is 12.1.